The lowest BCUT2D eigenvalue weighted by Crippen LogP contribution is -2.38. The molecule has 1 aromatic rings. The van der Waals surface area contributed by atoms with Crippen molar-refractivity contribution in [1.82, 2.24) is 4.72 Å². The summed E-state index contributed by atoms with van der Waals surface area (Å²) in [4.78, 5) is 10.4. The Labute approximate surface area is 122 Å². The minimum absolute atomic E-state index is 0.0880. The van der Waals surface area contributed by atoms with Crippen LogP contribution in [0.2, 0.25) is 0 Å². The third-order valence-electron chi connectivity index (χ3n) is 3.27. The Bertz CT molecular complexity index is 592. The van der Waals surface area contributed by atoms with Gasteiger partial charge in [-0.15, -0.1) is 0 Å². The number of sulfonamides is 1. The Morgan fingerprint density at radius 2 is 1.90 bits per heavy atom. The van der Waals surface area contributed by atoms with E-state index >= 15 is 0 Å². The molecular formula is C13H17NO6S. The van der Waals surface area contributed by atoms with Crippen molar-refractivity contribution in [3.05, 3.63) is 24.3 Å². The van der Waals surface area contributed by atoms with E-state index in [-0.39, 0.29) is 16.9 Å². The summed E-state index contributed by atoms with van der Waals surface area (Å²) in [5.41, 5.74) is 0. The van der Waals surface area contributed by atoms with Crippen LogP contribution < -0.4 is 9.46 Å². The van der Waals surface area contributed by atoms with E-state index in [1.807, 2.05) is 0 Å². The molecule has 7 nitrogen and oxygen atoms in total. The summed E-state index contributed by atoms with van der Waals surface area (Å²) in [6, 6.07) is 5.53. The second kappa shape index (κ2) is 6.42. The minimum Gasteiger partial charge on any atom is -0.482 e. The third kappa shape index (κ3) is 4.42. The van der Waals surface area contributed by atoms with E-state index in [2.05, 4.69) is 4.72 Å². The van der Waals surface area contributed by atoms with Gasteiger partial charge in [0.15, 0.2) is 6.61 Å². The van der Waals surface area contributed by atoms with Gasteiger partial charge in [-0.2, -0.15) is 0 Å². The Balaban J connectivity index is 1.91. The van der Waals surface area contributed by atoms with E-state index in [1.54, 1.807) is 0 Å². The van der Waals surface area contributed by atoms with Gasteiger partial charge >= 0.3 is 5.97 Å². The van der Waals surface area contributed by atoms with Crippen molar-refractivity contribution in [1.29, 1.82) is 0 Å². The molecule has 0 radical (unpaired) electrons. The Morgan fingerprint density at radius 3 is 2.43 bits per heavy atom. The molecule has 2 rings (SSSR count). The molecular weight excluding hydrogens is 298 g/mol. The summed E-state index contributed by atoms with van der Waals surface area (Å²) in [7, 11) is -3.60. The van der Waals surface area contributed by atoms with E-state index in [0.717, 1.165) is 0 Å². The first-order chi connectivity index (χ1) is 9.87. The minimum atomic E-state index is -3.60. The van der Waals surface area contributed by atoms with Crippen LogP contribution in [0, 0.1) is 5.92 Å². The topological polar surface area (TPSA) is 113 Å². The largest absolute Gasteiger partial charge is 0.482 e. The second-order valence-electron chi connectivity index (χ2n) is 5.00. The number of carbonyl (C=O) groups is 1. The average molecular weight is 315 g/mol. The highest BCUT2D eigenvalue weighted by Crippen LogP contribution is 2.26. The van der Waals surface area contributed by atoms with Gasteiger partial charge in [0.05, 0.1) is 11.0 Å². The lowest BCUT2D eigenvalue weighted by atomic mass is 9.83. The van der Waals surface area contributed by atoms with Crippen LogP contribution in [0.3, 0.4) is 0 Å². The molecule has 1 aromatic carbocycles. The zero-order valence-corrected chi connectivity index (χ0v) is 12.0. The quantitative estimate of drug-likeness (QED) is 0.662. The fourth-order valence-electron chi connectivity index (χ4n) is 2.04. The van der Waals surface area contributed by atoms with Crippen LogP contribution in [0.5, 0.6) is 5.75 Å². The van der Waals surface area contributed by atoms with Crippen molar-refractivity contribution >= 4 is 16.0 Å². The number of aliphatic carboxylic acids is 1. The van der Waals surface area contributed by atoms with Gasteiger partial charge < -0.3 is 14.9 Å². The van der Waals surface area contributed by atoms with Crippen molar-refractivity contribution in [3.63, 3.8) is 0 Å². The van der Waals surface area contributed by atoms with Crippen LogP contribution in [0.15, 0.2) is 29.2 Å². The second-order valence-corrected chi connectivity index (χ2v) is 6.76. The van der Waals surface area contributed by atoms with Crippen LogP contribution in [0.1, 0.15) is 12.8 Å². The molecule has 1 aliphatic rings. The van der Waals surface area contributed by atoms with Gasteiger partial charge in [-0.25, -0.2) is 17.9 Å². The predicted octanol–water partition coefficient (Wildman–Crippen LogP) is 0.199. The number of carboxylic acids is 1. The number of hydrogen-bond donors (Lipinski definition) is 3. The normalized spacial score (nSPS) is 21.6. The number of hydrogen-bond acceptors (Lipinski definition) is 5. The monoisotopic (exact) mass is 315 g/mol. The van der Waals surface area contributed by atoms with Crippen molar-refractivity contribution < 1.29 is 28.2 Å². The molecule has 0 aromatic heterocycles. The lowest BCUT2D eigenvalue weighted by Gasteiger charge is -2.31. The standard InChI is InChI=1S/C13H17NO6S/c15-10-5-9(6-10)7-14-21(18,19)12-3-1-11(2-4-12)20-8-13(16)17/h1-4,9-10,14-15H,5-8H2,(H,16,17). The molecule has 0 aliphatic heterocycles. The summed E-state index contributed by atoms with van der Waals surface area (Å²) in [5, 5.41) is 17.6. The van der Waals surface area contributed by atoms with E-state index in [9.17, 15) is 13.2 Å². The van der Waals surface area contributed by atoms with Crippen molar-refractivity contribution in [3.8, 4) is 5.75 Å². The molecule has 3 N–H and O–H groups in total. The van der Waals surface area contributed by atoms with Crippen molar-refractivity contribution in [2.24, 2.45) is 5.92 Å². The molecule has 0 amide bonds. The maximum Gasteiger partial charge on any atom is 0.341 e. The third-order valence-corrected chi connectivity index (χ3v) is 4.71. The predicted molar refractivity (Wildman–Crippen MR) is 73.5 cm³/mol. The van der Waals surface area contributed by atoms with Crippen LogP contribution in [0.25, 0.3) is 0 Å². The van der Waals surface area contributed by atoms with Crippen molar-refractivity contribution in [2.45, 2.75) is 23.8 Å². The Morgan fingerprint density at radius 1 is 1.29 bits per heavy atom. The van der Waals surface area contributed by atoms with Crippen molar-refractivity contribution in [2.75, 3.05) is 13.2 Å². The van der Waals surface area contributed by atoms with Gasteiger partial charge in [0.2, 0.25) is 10.0 Å². The van der Waals surface area contributed by atoms with E-state index in [1.165, 1.54) is 24.3 Å². The van der Waals surface area contributed by atoms with E-state index in [4.69, 9.17) is 14.9 Å². The summed E-state index contributed by atoms with van der Waals surface area (Å²) < 4.78 is 31.5. The summed E-state index contributed by atoms with van der Waals surface area (Å²) in [5.74, 6) is -0.637. The summed E-state index contributed by atoms with van der Waals surface area (Å²) >= 11 is 0. The Hall–Kier alpha value is -1.64. The molecule has 0 bridgehead atoms. The van der Waals surface area contributed by atoms with Gasteiger partial charge in [-0.1, -0.05) is 0 Å². The fourth-order valence-corrected chi connectivity index (χ4v) is 3.15. The highest BCUT2D eigenvalue weighted by atomic mass is 32.2. The zero-order valence-electron chi connectivity index (χ0n) is 11.2. The van der Waals surface area contributed by atoms with Gasteiger partial charge in [-0.05, 0) is 43.0 Å². The molecule has 0 spiro atoms. The van der Waals surface area contributed by atoms with Gasteiger partial charge in [0, 0.05) is 6.54 Å². The molecule has 0 saturated heterocycles. The number of aliphatic hydroxyl groups excluding tert-OH is 1. The highest BCUT2D eigenvalue weighted by Gasteiger charge is 2.28. The highest BCUT2D eigenvalue weighted by molar-refractivity contribution is 7.89. The lowest BCUT2D eigenvalue weighted by molar-refractivity contribution is -0.139. The van der Waals surface area contributed by atoms with Gasteiger partial charge in [0.1, 0.15) is 5.75 Å². The first kappa shape index (κ1) is 15.7. The SMILES string of the molecule is O=C(O)COc1ccc(S(=O)(=O)NCC2CC(O)C2)cc1. The molecule has 0 heterocycles. The number of benzene rings is 1. The molecule has 8 heteroatoms. The van der Waals surface area contributed by atoms with Crippen LogP contribution in [-0.2, 0) is 14.8 Å². The van der Waals surface area contributed by atoms with Crippen LogP contribution in [-0.4, -0.2) is 43.9 Å². The fraction of sp³-hybridized carbons (Fsp3) is 0.462. The first-order valence-electron chi connectivity index (χ1n) is 6.49. The number of rotatable bonds is 7. The maximum absolute atomic E-state index is 12.0. The van der Waals surface area contributed by atoms with Gasteiger partial charge in [-0.3, -0.25) is 0 Å². The molecule has 1 fully saturated rings. The first-order valence-corrected chi connectivity index (χ1v) is 7.97. The molecule has 21 heavy (non-hydrogen) atoms. The smallest absolute Gasteiger partial charge is 0.341 e. The summed E-state index contributed by atoms with van der Waals surface area (Å²) in [6.45, 7) is -0.176. The van der Waals surface area contributed by atoms with Gasteiger partial charge in [0.25, 0.3) is 0 Å². The van der Waals surface area contributed by atoms with Crippen LogP contribution >= 0.6 is 0 Å². The number of nitrogens with one attached hydrogen (secondary N) is 1. The molecule has 1 aliphatic carbocycles. The molecule has 116 valence electrons. The summed E-state index contributed by atoms with van der Waals surface area (Å²) in [6.07, 6.45) is 0.916. The molecule has 0 unspecified atom stereocenters. The molecule has 1 saturated carbocycles. The average Bonchev–Trinajstić information content (AvgIpc) is 2.40. The van der Waals surface area contributed by atoms with E-state index < -0.39 is 22.6 Å². The maximum atomic E-state index is 12.0. The van der Waals surface area contributed by atoms with E-state index in [0.29, 0.717) is 25.1 Å². The zero-order chi connectivity index (χ0) is 15.5. The number of aliphatic hydroxyl groups is 1. The number of carboxylic acid groups (broad SMARTS) is 1. The Kier molecular flexibility index (Phi) is 4.81. The number of ether oxygens (including phenoxy) is 1. The molecule has 0 atom stereocenters. The van der Waals surface area contributed by atoms with Crippen LogP contribution in [0.4, 0.5) is 0 Å².